The molecule has 0 aliphatic carbocycles. The van der Waals surface area contributed by atoms with Crippen molar-refractivity contribution in [1.29, 1.82) is 0 Å². The molecule has 4 nitrogen and oxygen atoms in total. The number of ether oxygens (including phenoxy) is 1. The predicted octanol–water partition coefficient (Wildman–Crippen LogP) is 1.68. The number of hydrogen-bond acceptors (Lipinski definition) is 3. The molecule has 0 aromatic heterocycles. The maximum Gasteiger partial charge on any atom is 0.331 e. The van der Waals surface area contributed by atoms with E-state index in [0.717, 1.165) is 18.5 Å². The molecule has 1 heterocycles. The number of amides is 1. The second-order valence-corrected chi connectivity index (χ2v) is 4.32. The number of rotatable bonds is 3. The third-order valence-electron chi connectivity index (χ3n) is 2.70. The first-order valence-corrected chi connectivity index (χ1v) is 6.28. The van der Waals surface area contributed by atoms with Gasteiger partial charge in [0.25, 0.3) is 0 Å². The second-order valence-electron chi connectivity index (χ2n) is 4.32. The van der Waals surface area contributed by atoms with Gasteiger partial charge in [0.2, 0.25) is 5.91 Å². The molecule has 1 atom stereocenters. The first kappa shape index (κ1) is 15.0. The van der Waals surface area contributed by atoms with E-state index in [1.807, 2.05) is 6.08 Å². The van der Waals surface area contributed by atoms with E-state index < -0.39 is 12.1 Å². The van der Waals surface area contributed by atoms with E-state index >= 15 is 0 Å². The summed E-state index contributed by atoms with van der Waals surface area (Å²) >= 11 is 0. The summed E-state index contributed by atoms with van der Waals surface area (Å²) in [6, 6.07) is 0. The predicted molar refractivity (Wildman–Crippen MR) is 73.1 cm³/mol. The fourth-order valence-electron chi connectivity index (χ4n) is 1.78. The van der Waals surface area contributed by atoms with Crippen LogP contribution in [0.3, 0.4) is 0 Å². The fraction of sp³-hybridized carbons (Fsp3) is 0.467. The van der Waals surface area contributed by atoms with Crippen LogP contribution in [0, 0.1) is 11.8 Å². The normalized spacial score (nSPS) is 16.4. The SMILES string of the molecule is CC#C[C@@H](C)OC(=O)/C=C/C1=CCCN(C(C)=O)C1. The van der Waals surface area contributed by atoms with Crippen LogP contribution in [0.1, 0.15) is 27.2 Å². The lowest BCUT2D eigenvalue weighted by atomic mass is 10.1. The molecule has 0 aromatic rings. The third-order valence-corrected chi connectivity index (χ3v) is 2.70. The number of hydrogen-bond donors (Lipinski definition) is 0. The number of nitrogens with zero attached hydrogens (tertiary/aromatic N) is 1. The van der Waals surface area contributed by atoms with Crippen molar-refractivity contribution in [1.82, 2.24) is 4.90 Å². The molecule has 0 radical (unpaired) electrons. The van der Waals surface area contributed by atoms with E-state index in [-0.39, 0.29) is 5.91 Å². The van der Waals surface area contributed by atoms with Crippen molar-refractivity contribution < 1.29 is 14.3 Å². The Bertz CT molecular complexity index is 466. The quantitative estimate of drug-likeness (QED) is 0.441. The molecule has 0 aromatic carbocycles. The van der Waals surface area contributed by atoms with Crippen LogP contribution in [0.15, 0.2) is 23.8 Å². The van der Waals surface area contributed by atoms with E-state index in [9.17, 15) is 9.59 Å². The molecular weight excluding hydrogens is 242 g/mol. The molecule has 0 unspecified atom stereocenters. The van der Waals surface area contributed by atoms with Crippen molar-refractivity contribution in [2.24, 2.45) is 0 Å². The van der Waals surface area contributed by atoms with Crippen molar-refractivity contribution in [3.63, 3.8) is 0 Å². The summed E-state index contributed by atoms with van der Waals surface area (Å²) in [6.07, 6.45) is 5.51. The second kappa shape index (κ2) is 7.42. The maximum absolute atomic E-state index is 11.5. The molecule has 0 bridgehead atoms. The average Bonchev–Trinajstić information content (AvgIpc) is 2.37. The summed E-state index contributed by atoms with van der Waals surface area (Å²) < 4.78 is 5.05. The Morgan fingerprint density at radius 3 is 2.89 bits per heavy atom. The zero-order valence-corrected chi connectivity index (χ0v) is 11.6. The molecule has 0 spiro atoms. The van der Waals surface area contributed by atoms with E-state index in [1.165, 1.54) is 6.08 Å². The molecule has 4 heteroatoms. The van der Waals surface area contributed by atoms with Crippen LogP contribution in [0.2, 0.25) is 0 Å². The molecule has 19 heavy (non-hydrogen) atoms. The van der Waals surface area contributed by atoms with Gasteiger partial charge in [0.05, 0.1) is 0 Å². The highest BCUT2D eigenvalue weighted by molar-refractivity contribution is 5.83. The Balaban J connectivity index is 2.51. The van der Waals surface area contributed by atoms with Gasteiger partial charge in [-0.1, -0.05) is 18.1 Å². The maximum atomic E-state index is 11.5. The Hall–Kier alpha value is -2.02. The first-order valence-electron chi connectivity index (χ1n) is 6.28. The van der Waals surface area contributed by atoms with E-state index in [4.69, 9.17) is 4.74 Å². The highest BCUT2D eigenvalue weighted by Crippen LogP contribution is 2.11. The highest BCUT2D eigenvalue weighted by Gasteiger charge is 2.13. The smallest absolute Gasteiger partial charge is 0.331 e. The van der Waals surface area contributed by atoms with E-state index in [2.05, 4.69) is 11.8 Å². The van der Waals surface area contributed by atoms with Crippen molar-refractivity contribution in [2.45, 2.75) is 33.3 Å². The van der Waals surface area contributed by atoms with Crippen LogP contribution in [0.4, 0.5) is 0 Å². The number of carbonyl (C=O) groups is 2. The Morgan fingerprint density at radius 2 is 2.26 bits per heavy atom. The van der Waals surface area contributed by atoms with Gasteiger partial charge in [-0.2, -0.15) is 0 Å². The highest BCUT2D eigenvalue weighted by atomic mass is 16.5. The minimum Gasteiger partial charge on any atom is -0.446 e. The van der Waals surface area contributed by atoms with Gasteiger partial charge < -0.3 is 9.64 Å². The van der Waals surface area contributed by atoms with Gasteiger partial charge in [-0.05, 0) is 25.8 Å². The van der Waals surface area contributed by atoms with Gasteiger partial charge in [-0.3, -0.25) is 4.79 Å². The molecule has 0 fully saturated rings. The van der Waals surface area contributed by atoms with E-state index in [1.54, 1.807) is 31.7 Å². The van der Waals surface area contributed by atoms with Gasteiger partial charge >= 0.3 is 5.97 Å². The Labute approximate surface area is 114 Å². The third kappa shape index (κ3) is 5.43. The zero-order valence-electron chi connectivity index (χ0n) is 11.6. The Kier molecular flexibility index (Phi) is 5.87. The lowest BCUT2D eigenvalue weighted by Crippen LogP contribution is -2.33. The minimum atomic E-state index is -0.420. The van der Waals surface area contributed by atoms with E-state index in [0.29, 0.717) is 6.54 Å². The van der Waals surface area contributed by atoms with Crippen molar-refractivity contribution in [3.8, 4) is 11.8 Å². The van der Waals surface area contributed by atoms with Gasteiger partial charge in [-0.25, -0.2) is 4.79 Å². The molecule has 0 saturated carbocycles. The number of esters is 1. The average molecular weight is 261 g/mol. The fourth-order valence-corrected chi connectivity index (χ4v) is 1.78. The molecule has 0 N–H and O–H groups in total. The minimum absolute atomic E-state index is 0.0495. The summed E-state index contributed by atoms with van der Waals surface area (Å²) in [5.41, 5.74) is 0.952. The Morgan fingerprint density at radius 1 is 1.53 bits per heavy atom. The molecule has 1 rings (SSSR count). The monoisotopic (exact) mass is 261 g/mol. The molecule has 1 amide bonds. The van der Waals surface area contributed by atoms with Gasteiger partial charge in [0.15, 0.2) is 6.10 Å². The van der Waals surface area contributed by atoms with Crippen molar-refractivity contribution >= 4 is 11.9 Å². The summed E-state index contributed by atoms with van der Waals surface area (Å²) in [6.45, 7) is 6.25. The van der Waals surface area contributed by atoms with Crippen LogP contribution in [0.5, 0.6) is 0 Å². The lowest BCUT2D eigenvalue weighted by Gasteiger charge is -2.24. The lowest BCUT2D eigenvalue weighted by molar-refractivity contribution is -0.139. The van der Waals surface area contributed by atoms with Crippen molar-refractivity contribution in [2.75, 3.05) is 13.1 Å². The topological polar surface area (TPSA) is 46.6 Å². The summed E-state index contributed by atoms with van der Waals surface area (Å²) in [5.74, 6) is 5.06. The molecule has 0 saturated heterocycles. The van der Waals surface area contributed by atoms with Crippen LogP contribution in [0.25, 0.3) is 0 Å². The van der Waals surface area contributed by atoms with Crippen LogP contribution >= 0.6 is 0 Å². The first-order chi connectivity index (χ1) is 9.02. The largest absolute Gasteiger partial charge is 0.446 e. The molecule has 1 aliphatic heterocycles. The van der Waals surface area contributed by atoms with Crippen LogP contribution in [-0.2, 0) is 14.3 Å². The van der Waals surface area contributed by atoms with Gasteiger partial charge in [-0.15, -0.1) is 5.92 Å². The zero-order chi connectivity index (χ0) is 14.3. The molecule has 1 aliphatic rings. The standard InChI is InChI=1S/C15H19NO3/c1-4-6-12(2)19-15(18)9-8-14-7-5-10-16(11-14)13(3)17/h7-9,12H,5,10-11H2,1-3H3/b9-8+/t12-/m1/s1. The van der Waals surface area contributed by atoms with Crippen molar-refractivity contribution in [3.05, 3.63) is 23.8 Å². The number of carbonyl (C=O) groups excluding carboxylic acids is 2. The molecular formula is C15H19NO3. The van der Waals surface area contributed by atoms with Gasteiger partial charge in [0.1, 0.15) is 0 Å². The summed E-state index contributed by atoms with van der Waals surface area (Å²) in [5, 5.41) is 0. The summed E-state index contributed by atoms with van der Waals surface area (Å²) in [7, 11) is 0. The molecule has 102 valence electrons. The van der Waals surface area contributed by atoms with Crippen LogP contribution < -0.4 is 0 Å². The van der Waals surface area contributed by atoms with Gasteiger partial charge in [0, 0.05) is 26.1 Å². The summed E-state index contributed by atoms with van der Waals surface area (Å²) in [4.78, 5) is 24.5. The van der Waals surface area contributed by atoms with Crippen LogP contribution in [-0.4, -0.2) is 36.0 Å².